The van der Waals surface area contributed by atoms with E-state index in [1.807, 2.05) is 50.4 Å². The number of nitrogens with zero attached hydrogens (tertiary/aromatic N) is 10. The van der Waals surface area contributed by atoms with E-state index >= 15 is 0 Å². The van der Waals surface area contributed by atoms with Gasteiger partial charge in [-0.25, -0.2) is 4.79 Å². The van der Waals surface area contributed by atoms with Crippen molar-refractivity contribution in [2.24, 2.45) is 27.1 Å². The van der Waals surface area contributed by atoms with Crippen LogP contribution >= 0.6 is 11.6 Å². The second kappa shape index (κ2) is 18.4. The largest absolute Gasteiger partial charge is 0.490 e. The van der Waals surface area contributed by atoms with Gasteiger partial charge in [-0.2, -0.15) is 10.4 Å². The second-order valence-electron chi connectivity index (χ2n) is 18.4. The standard InChI is InChI=1S/C51H54ClN11O3/c1-59-31-37(28-55-59)46-24-34-5-4-6-41(43(34)29-54-46)36-23-42(49-47(25-36)60(2)51(65)61(49)3)33-17-19-62(20-18-33)30-32-15-21-63(22-16-32)48-14-13-45(57-58-48)50(64)56-38-8-11-39(12-9-38)66-40-10-7-35(27-53)44(52)26-40/h4-7,10,13-14,23-26,28-29,31-33,38-39H,8-9,11-12,15-22,30H2,1-3H3,(H,56,64). The first-order valence-corrected chi connectivity index (χ1v) is 23.5. The summed E-state index contributed by atoms with van der Waals surface area (Å²) in [6, 6.07) is 24.0. The number of imidazole rings is 1. The van der Waals surface area contributed by atoms with E-state index in [9.17, 15) is 9.59 Å². The molecule has 14 nitrogen and oxygen atoms in total. The Bertz CT molecular complexity index is 3020. The molecule has 3 aromatic carbocycles. The number of rotatable bonds is 10. The summed E-state index contributed by atoms with van der Waals surface area (Å²) in [5, 5.41) is 28.0. The van der Waals surface area contributed by atoms with Crippen molar-refractivity contribution >= 4 is 45.1 Å². The molecule has 1 N–H and O–H groups in total. The highest BCUT2D eigenvalue weighted by atomic mass is 35.5. The molecule has 0 bridgehead atoms. The number of pyridine rings is 1. The van der Waals surface area contributed by atoms with Gasteiger partial charge in [-0.05, 0) is 141 Å². The van der Waals surface area contributed by atoms with Gasteiger partial charge >= 0.3 is 5.69 Å². The van der Waals surface area contributed by atoms with Crippen molar-refractivity contribution in [2.45, 2.75) is 69.4 Å². The number of piperidine rings is 2. The van der Waals surface area contributed by atoms with Crippen LogP contribution in [0, 0.1) is 17.2 Å². The molecular formula is C51H54ClN11O3. The van der Waals surface area contributed by atoms with Crippen molar-refractivity contribution in [3.8, 4) is 34.2 Å². The number of anilines is 1. The van der Waals surface area contributed by atoms with Crippen molar-refractivity contribution in [1.29, 1.82) is 5.26 Å². The number of nitriles is 1. The zero-order valence-electron chi connectivity index (χ0n) is 37.7. The van der Waals surface area contributed by atoms with E-state index < -0.39 is 0 Å². The van der Waals surface area contributed by atoms with Crippen LogP contribution in [0.4, 0.5) is 5.82 Å². The Morgan fingerprint density at radius 2 is 1.67 bits per heavy atom. The molecule has 7 aromatic rings. The average Bonchev–Trinajstić information content (AvgIpc) is 3.88. The maximum Gasteiger partial charge on any atom is 0.328 e. The van der Waals surface area contributed by atoms with E-state index in [0.717, 1.165) is 134 Å². The Kier molecular flexibility index (Phi) is 12.1. The van der Waals surface area contributed by atoms with Crippen LogP contribution in [0.3, 0.4) is 0 Å². The van der Waals surface area contributed by atoms with Crippen LogP contribution in [0.1, 0.15) is 78.9 Å². The lowest BCUT2D eigenvalue weighted by Crippen LogP contribution is -2.41. The molecule has 1 saturated carbocycles. The highest BCUT2D eigenvalue weighted by Gasteiger charge is 2.29. The van der Waals surface area contributed by atoms with Crippen LogP contribution < -0.4 is 20.6 Å². The smallest absolute Gasteiger partial charge is 0.328 e. The number of likely N-dealkylation sites (tertiary alicyclic amines) is 1. The molecule has 6 heterocycles. The maximum absolute atomic E-state index is 13.4. The number of aromatic nitrogens is 7. The molecule has 2 aliphatic heterocycles. The molecule has 1 amide bonds. The minimum atomic E-state index is -0.205. The molecule has 15 heteroatoms. The predicted molar refractivity (Wildman–Crippen MR) is 257 cm³/mol. The Labute approximate surface area is 388 Å². The molecule has 4 aromatic heterocycles. The molecule has 0 unspecified atom stereocenters. The Hall–Kier alpha value is -6.56. The number of fused-ring (bicyclic) bond motifs is 2. The number of aryl methyl sites for hydroxylation is 3. The summed E-state index contributed by atoms with van der Waals surface area (Å²) in [7, 11) is 5.69. The van der Waals surface area contributed by atoms with Gasteiger partial charge in [0.25, 0.3) is 5.91 Å². The summed E-state index contributed by atoms with van der Waals surface area (Å²) in [5.41, 5.74) is 8.06. The Morgan fingerprint density at radius 1 is 0.864 bits per heavy atom. The summed E-state index contributed by atoms with van der Waals surface area (Å²) in [6.07, 6.45) is 13.2. The fraction of sp³-hybridized carbons (Fsp3) is 0.392. The number of halogens is 1. The van der Waals surface area contributed by atoms with Crippen LogP contribution in [0.5, 0.6) is 5.75 Å². The van der Waals surface area contributed by atoms with Gasteiger partial charge in [-0.3, -0.25) is 23.6 Å². The minimum absolute atomic E-state index is 0.00864. The van der Waals surface area contributed by atoms with Gasteiger partial charge in [-0.15, -0.1) is 10.2 Å². The van der Waals surface area contributed by atoms with Crippen molar-refractivity contribution < 1.29 is 9.53 Å². The summed E-state index contributed by atoms with van der Waals surface area (Å²) < 4.78 is 11.5. The van der Waals surface area contributed by atoms with Gasteiger partial charge < -0.3 is 19.9 Å². The number of ether oxygens (including phenoxy) is 1. The molecule has 3 fully saturated rings. The lowest BCUT2D eigenvalue weighted by molar-refractivity contribution is 0.0888. The molecule has 338 valence electrons. The van der Waals surface area contributed by atoms with E-state index in [0.29, 0.717) is 33.9 Å². The lowest BCUT2D eigenvalue weighted by atomic mass is 9.85. The number of carbonyl (C=O) groups excluding carboxylic acids is 1. The molecule has 66 heavy (non-hydrogen) atoms. The third-order valence-electron chi connectivity index (χ3n) is 14.2. The number of carbonyl (C=O) groups is 1. The molecule has 2 saturated heterocycles. The molecule has 0 spiro atoms. The van der Waals surface area contributed by atoms with Crippen molar-refractivity contribution in [1.82, 2.24) is 44.3 Å². The molecule has 0 radical (unpaired) electrons. The summed E-state index contributed by atoms with van der Waals surface area (Å²) in [5.74, 6) is 2.19. The molecule has 0 atom stereocenters. The third kappa shape index (κ3) is 8.77. The summed E-state index contributed by atoms with van der Waals surface area (Å²) >= 11 is 6.18. The van der Waals surface area contributed by atoms with Crippen LogP contribution in [0.2, 0.25) is 5.02 Å². The molecule has 10 rings (SSSR count). The number of nitrogens with one attached hydrogen (secondary N) is 1. The third-order valence-corrected chi connectivity index (χ3v) is 14.5. The summed E-state index contributed by atoms with van der Waals surface area (Å²) in [6.45, 7) is 4.92. The quantitative estimate of drug-likeness (QED) is 0.143. The Morgan fingerprint density at radius 3 is 2.38 bits per heavy atom. The minimum Gasteiger partial charge on any atom is -0.490 e. The number of hydrogen-bond acceptors (Lipinski definition) is 10. The normalized spacial score (nSPS) is 18.7. The zero-order chi connectivity index (χ0) is 45.5. The highest BCUT2D eigenvalue weighted by molar-refractivity contribution is 6.31. The first kappa shape index (κ1) is 43.3. The number of benzene rings is 3. The first-order valence-electron chi connectivity index (χ1n) is 23.1. The fourth-order valence-corrected chi connectivity index (χ4v) is 10.7. The van der Waals surface area contributed by atoms with Gasteiger partial charge in [-0.1, -0.05) is 29.8 Å². The Balaban J connectivity index is 0.726. The van der Waals surface area contributed by atoms with Crippen LogP contribution in [-0.4, -0.2) is 89.8 Å². The van der Waals surface area contributed by atoms with Gasteiger partial charge in [0.2, 0.25) is 0 Å². The molecule has 3 aliphatic rings. The van der Waals surface area contributed by atoms with E-state index in [1.54, 1.807) is 33.5 Å². The average molecular weight is 905 g/mol. The fourth-order valence-electron chi connectivity index (χ4n) is 10.5. The molecule has 1 aliphatic carbocycles. The van der Waals surface area contributed by atoms with Crippen LogP contribution in [0.25, 0.3) is 44.2 Å². The van der Waals surface area contributed by atoms with Crippen LogP contribution in [0.15, 0.2) is 90.1 Å². The zero-order valence-corrected chi connectivity index (χ0v) is 38.4. The SMILES string of the molecule is Cn1cc(-c2cc3cccc(-c4cc(C5CCN(CC6CCN(c7ccc(C(=O)NC8CCC(Oc9ccc(C#N)c(Cl)c9)CC8)nn7)CC6)CC5)c5c(c4)n(C)c(=O)n5C)c3cn2)cn1. The van der Waals surface area contributed by atoms with Gasteiger partial charge in [0.05, 0.1) is 39.6 Å². The maximum atomic E-state index is 13.4. The number of amides is 1. The van der Waals surface area contributed by atoms with Gasteiger partial charge in [0, 0.05) is 76.2 Å². The van der Waals surface area contributed by atoms with Crippen molar-refractivity contribution in [3.05, 3.63) is 118 Å². The van der Waals surface area contributed by atoms with Gasteiger partial charge in [0.15, 0.2) is 11.5 Å². The molecular weight excluding hydrogens is 850 g/mol. The first-order chi connectivity index (χ1) is 32.1. The topological polar surface area (TPSA) is 152 Å². The summed E-state index contributed by atoms with van der Waals surface area (Å²) in [4.78, 5) is 36.3. The van der Waals surface area contributed by atoms with Crippen molar-refractivity contribution in [2.75, 3.05) is 37.6 Å². The highest BCUT2D eigenvalue weighted by Crippen LogP contribution is 2.39. The monoisotopic (exact) mass is 903 g/mol. The van der Waals surface area contributed by atoms with Crippen molar-refractivity contribution in [3.63, 3.8) is 0 Å². The van der Waals surface area contributed by atoms with E-state index in [4.69, 9.17) is 26.6 Å². The van der Waals surface area contributed by atoms with E-state index in [1.165, 1.54) is 5.56 Å². The second-order valence-corrected chi connectivity index (χ2v) is 18.8. The predicted octanol–water partition coefficient (Wildman–Crippen LogP) is 8.02. The van der Waals surface area contributed by atoms with Crippen LogP contribution in [-0.2, 0) is 21.1 Å². The van der Waals surface area contributed by atoms with Gasteiger partial charge in [0.1, 0.15) is 11.8 Å². The van der Waals surface area contributed by atoms with E-state index in [-0.39, 0.29) is 23.7 Å². The van der Waals surface area contributed by atoms with E-state index in [2.05, 4.69) is 72.9 Å². The lowest BCUT2D eigenvalue weighted by Gasteiger charge is -2.38. The number of hydrogen-bond donors (Lipinski definition) is 1.